The van der Waals surface area contributed by atoms with Crippen LogP contribution in [-0.2, 0) is 4.79 Å². The molecule has 3 nitrogen and oxygen atoms in total. The van der Waals surface area contributed by atoms with Crippen LogP contribution in [0.25, 0.3) is 0 Å². The normalized spacial score (nSPS) is 12.2. The standard InChI is InChI=1S/C10H10Cl2O3/c1-6(10(13)14)5-15-7-2-3-8(11)9(12)4-7/h2-4,6H,5H2,1H3,(H,13,14). The van der Waals surface area contributed by atoms with Crippen molar-refractivity contribution in [1.82, 2.24) is 0 Å². The van der Waals surface area contributed by atoms with Gasteiger partial charge in [0, 0.05) is 6.07 Å². The van der Waals surface area contributed by atoms with Gasteiger partial charge in [-0.15, -0.1) is 0 Å². The van der Waals surface area contributed by atoms with Crippen molar-refractivity contribution in [2.45, 2.75) is 6.92 Å². The first-order valence-electron chi connectivity index (χ1n) is 4.31. The third kappa shape index (κ3) is 3.61. The molecule has 0 fully saturated rings. The summed E-state index contributed by atoms with van der Waals surface area (Å²) in [5.74, 6) is -0.938. The first-order valence-corrected chi connectivity index (χ1v) is 5.07. The van der Waals surface area contributed by atoms with Crippen molar-refractivity contribution in [3.63, 3.8) is 0 Å². The Hall–Kier alpha value is -0.930. The number of benzene rings is 1. The Labute approximate surface area is 97.6 Å². The Balaban J connectivity index is 2.58. The van der Waals surface area contributed by atoms with E-state index in [9.17, 15) is 4.79 Å². The van der Waals surface area contributed by atoms with Crippen LogP contribution in [0.5, 0.6) is 5.75 Å². The molecule has 1 aromatic rings. The summed E-state index contributed by atoms with van der Waals surface area (Å²) in [5.41, 5.74) is 0. The summed E-state index contributed by atoms with van der Waals surface area (Å²) in [4.78, 5) is 10.5. The van der Waals surface area contributed by atoms with Gasteiger partial charge in [-0.05, 0) is 19.1 Å². The van der Waals surface area contributed by atoms with Crippen molar-refractivity contribution >= 4 is 29.2 Å². The fourth-order valence-corrected chi connectivity index (χ4v) is 1.15. The maximum Gasteiger partial charge on any atom is 0.309 e. The van der Waals surface area contributed by atoms with Crippen LogP contribution in [0.1, 0.15) is 6.92 Å². The van der Waals surface area contributed by atoms with Crippen LogP contribution < -0.4 is 4.74 Å². The minimum atomic E-state index is -0.893. The zero-order valence-corrected chi connectivity index (χ0v) is 9.55. The second-order valence-corrected chi connectivity index (χ2v) is 3.94. The molecule has 0 saturated carbocycles. The van der Waals surface area contributed by atoms with Crippen LogP contribution in [0.3, 0.4) is 0 Å². The summed E-state index contributed by atoms with van der Waals surface area (Å²) in [6.45, 7) is 1.67. The van der Waals surface area contributed by atoms with E-state index in [-0.39, 0.29) is 6.61 Å². The molecule has 0 aliphatic carbocycles. The Kier molecular flexibility index (Phi) is 4.24. The fraction of sp³-hybridized carbons (Fsp3) is 0.300. The maximum absolute atomic E-state index is 10.5. The molecule has 0 aromatic heterocycles. The highest BCUT2D eigenvalue weighted by atomic mass is 35.5. The minimum absolute atomic E-state index is 0.104. The van der Waals surface area contributed by atoms with Crippen LogP contribution in [0.4, 0.5) is 0 Å². The van der Waals surface area contributed by atoms with E-state index in [0.717, 1.165) is 0 Å². The van der Waals surface area contributed by atoms with Gasteiger partial charge in [0.2, 0.25) is 0 Å². The summed E-state index contributed by atoms with van der Waals surface area (Å²) < 4.78 is 5.24. The van der Waals surface area contributed by atoms with Crippen molar-refractivity contribution in [1.29, 1.82) is 0 Å². The first kappa shape index (κ1) is 12.1. The third-order valence-electron chi connectivity index (χ3n) is 1.81. The van der Waals surface area contributed by atoms with Crippen molar-refractivity contribution < 1.29 is 14.6 Å². The molecule has 0 spiro atoms. The number of rotatable bonds is 4. The van der Waals surface area contributed by atoms with Crippen molar-refractivity contribution in [3.05, 3.63) is 28.2 Å². The molecule has 5 heteroatoms. The number of ether oxygens (including phenoxy) is 1. The van der Waals surface area contributed by atoms with Crippen molar-refractivity contribution in [3.8, 4) is 5.75 Å². The average molecular weight is 249 g/mol. The molecular formula is C10H10Cl2O3. The fourth-order valence-electron chi connectivity index (χ4n) is 0.859. The van der Waals surface area contributed by atoms with E-state index >= 15 is 0 Å². The zero-order chi connectivity index (χ0) is 11.4. The molecular weight excluding hydrogens is 239 g/mol. The third-order valence-corrected chi connectivity index (χ3v) is 2.55. The predicted molar refractivity (Wildman–Crippen MR) is 58.8 cm³/mol. The second-order valence-electron chi connectivity index (χ2n) is 3.13. The molecule has 1 rings (SSSR count). The van der Waals surface area contributed by atoms with E-state index < -0.39 is 11.9 Å². The average Bonchev–Trinajstić information content (AvgIpc) is 2.19. The van der Waals surface area contributed by atoms with Crippen molar-refractivity contribution in [2.24, 2.45) is 5.92 Å². The molecule has 0 saturated heterocycles. The predicted octanol–water partition coefficient (Wildman–Crippen LogP) is 3.09. The summed E-state index contributed by atoms with van der Waals surface area (Å²) in [6.07, 6.45) is 0. The van der Waals surface area contributed by atoms with Crippen LogP contribution in [0.15, 0.2) is 18.2 Å². The number of hydrogen-bond donors (Lipinski definition) is 1. The Morgan fingerprint density at radius 2 is 2.13 bits per heavy atom. The van der Waals surface area contributed by atoms with Gasteiger partial charge in [-0.1, -0.05) is 23.2 Å². The van der Waals surface area contributed by atoms with Gasteiger partial charge in [0.1, 0.15) is 12.4 Å². The maximum atomic E-state index is 10.5. The largest absolute Gasteiger partial charge is 0.493 e. The van der Waals surface area contributed by atoms with E-state index in [1.165, 1.54) is 0 Å². The van der Waals surface area contributed by atoms with Gasteiger partial charge in [-0.3, -0.25) is 4.79 Å². The highest BCUT2D eigenvalue weighted by molar-refractivity contribution is 6.42. The molecule has 1 N–H and O–H groups in total. The summed E-state index contributed by atoms with van der Waals surface area (Å²) in [7, 11) is 0. The van der Waals surface area contributed by atoms with Crippen LogP contribution in [0.2, 0.25) is 10.0 Å². The van der Waals surface area contributed by atoms with Gasteiger partial charge >= 0.3 is 5.97 Å². The molecule has 0 bridgehead atoms. The van der Waals surface area contributed by atoms with E-state index in [0.29, 0.717) is 15.8 Å². The molecule has 1 aromatic carbocycles. The lowest BCUT2D eigenvalue weighted by Gasteiger charge is -2.09. The van der Waals surface area contributed by atoms with E-state index in [1.54, 1.807) is 25.1 Å². The number of aliphatic carboxylic acids is 1. The lowest BCUT2D eigenvalue weighted by molar-refractivity contribution is -0.142. The number of halogens is 2. The lowest BCUT2D eigenvalue weighted by atomic mass is 10.2. The Bertz CT molecular complexity index is 366. The highest BCUT2D eigenvalue weighted by Crippen LogP contribution is 2.26. The number of hydrogen-bond acceptors (Lipinski definition) is 2. The lowest BCUT2D eigenvalue weighted by Crippen LogP contribution is -2.17. The smallest absolute Gasteiger partial charge is 0.309 e. The summed E-state index contributed by atoms with van der Waals surface area (Å²) in [6, 6.07) is 4.80. The van der Waals surface area contributed by atoms with Crippen LogP contribution in [-0.4, -0.2) is 17.7 Å². The van der Waals surface area contributed by atoms with Gasteiger partial charge in [0.25, 0.3) is 0 Å². The molecule has 0 aliphatic heterocycles. The van der Waals surface area contributed by atoms with E-state index in [2.05, 4.69) is 0 Å². The molecule has 0 heterocycles. The van der Waals surface area contributed by atoms with Crippen LogP contribution >= 0.6 is 23.2 Å². The van der Waals surface area contributed by atoms with Gasteiger partial charge < -0.3 is 9.84 Å². The van der Waals surface area contributed by atoms with Crippen molar-refractivity contribution in [2.75, 3.05) is 6.61 Å². The van der Waals surface area contributed by atoms with Gasteiger partial charge in [-0.2, -0.15) is 0 Å². The molecule has 0 aliphatic rings. The number of carboxylic acid groups (broad SMARTS) is 1. The zero-order valence-electron chi connectivity index (χ0n) is 8.04. The molecule has 1 atom stereocenters. The molecule has 15 heavy (non-hydrogen) atoms. The minimum Gasteiger partial charge on any atom is -0.493 e. The quantitative estimate of drug-likeness (QED) is 0.891. The van der Waals surface area contributed by atoms with E-state index in [4.69, 9.17) is 33.0 Å². The van der Waals surface area contributed by atoms with Gasteiger partial charge in [-0.25, -0.2) is 0 Å². The van der Waals surface area contributed by atoms with E-state index in [1.807, 2.05) is 0 Å². The molecule has 1 unspecified atom stereocenters. The number of carboxylic acids is 1. The highest BCUT2D eigenvalue weighted by Gasteiger charge is 2.11. The number of carbonyl (C=O) groups is 1. The molecule has 82 valence electrons. The monoisotopic (exact) mass is 248 g/mol. The second kappa shape index (κ2) is 5.24. The van der Waals surface area contributed by atoms with Crippen LogP contribution in [0, 0.1) is 5.92 Å². The Morgan fingerprint density at radius 1 is 1.47 bits per heavy atom. The topological polar surface area (TPSA) is 46.5 Å². The molecule has 0 radical (unpaired) electrons. The van der Waals surface area contributed by atoms with Gasteiger partial charge in [0.15, 0.2) is 0 Å². The summed E-state index contributed by atoms with van der Waals surface area (Å²) >= 11 is 11.5. The van der Waals surface area contributed by atoms with Gasteiger partial charge in [0.05, 0.1) is 16.0 Å². The summed E-state index contributed by atoms with van der Waals surface area (Å²) in [5, 5.41) is 9.46. The Morgan fingerprint density at radius 3 is 2.67 bits per heavy atom. The first-order chi connectivity index (χ1) is 7.00. The SMILES string of the molecule is CC(COc1ccc(Cl)c(Cl)c1)C(=O)O. The molecule has 0 amide bonds.